The van der Waals surface area contributed by atoms with E-state index >= 15 is 0 Å². The Balaban J connectivity index is 2.03. The number of aromatic nitrogens is 3. The smallest absolute Gasteiger partial charge is 0.341 e. The molecule has 2 heterocycles. The second-order valence-electron chi connectivity index (χ2n) is 6.27. The third kappa shape index (κ3) is 2.85. The first-order valence-corrected chi connectivity index (χ1v) is 9.52. The Morgan fingerprint density at radius 1 is 1.50 bits per heavy atom. The summed E-state index contributed by atoms with van der Waals surface area (Å²) in [5.41, 5.74) is 2.91. The van der Waals surface area contributed by atoms with Crippen molar-refractivity contribution < 1.29 is 9.53 Å². The first kappa shape index (κ1) is 17.1. The minimum Gasteiger partial charge on any atom is -0.462 e. The Bertz CT molecular complexity index is 762. The van der Waals surface area contributed by atoms with Gasteiger partial charge >= 0.3 is 5.97 Å². The number of aryl methyl sites for hydroxylation is 2. The summed E-state index contributed by atoms with van der Waals surface area (Å²) in [5.74, 6) is -0.343. The predicted octanol–water partition coefficient (Wildman–Crippen LogP) is 3.15. The number of nitrogens with one attached hydrogen (secondary N) is 1. The van der Waals surface area contributed by atoms with E-state index in [9.17, 15) is 4.79 Å². The average Bonchev–Trinajstić information content (AvgIpc) is 2.81. The lowest BCUT2D eigenvalue weighted by atomic mass is 9.84. The summed E-state index contributed by atoms with van der Waals surface area (Å²) < 4.78 is 7.22. The van der Waals surface area contributed by atoms with Gasteiger partial charge in [-0.25, -0.2) is 9.78 Å². The van der Waals surface area contributed by atoms with E-state index in [1.165, 1.54) is 19.3 Å². The summed E-state index contributed by atoms with van der Waals surface area (Å²) in [6.45, 7) is 4.92. The van der Waals surface area contributed by atoms with Crippen LogP contribution in [-0.4, -0.2) is 44.9 Å². The fourth-order valence-electron chi connectivity index (χ4n) is 3.23. The van der Waals surface area contributed by atoms with Crippen molar-refractivity contribution in [1.82, 2.24) is 14.8 Å². The number of rotatable bonds is 6. The first-order valence-electron chi connectivity index (χ1n) is 8.30. The molecule has 24 heavy (non-hydrogen) atoms. The van der Waals surface area contributed by atoms with Gasteiger partial charge in [-0.2, -0.15) is 16.9 Å². The number of hydrogen-bond donors (Lipinski definition) is 1. The van der Waals surface area contributed by atoms with Crippen molar-refractivity contribution in [2.45, 2.75) is 37.9 Å². The van der Waals surface area contributed by atoms with Crippen LogP contribution in [0.2, 0.25) is 0 Å². The van der Waals surface area contributed by atoms with Crippen molar-refractivity contribution >= 4 is 34.5 Å². The number of thioether (sulfide) groups is 1. The number of carbonyl (C=O) groups is 1. The topological polar surface area (TPSA) is 69.0 Å². The molecular formula is C17H24N4O2S. The zero-order valence-corrected chi connectivity index (χ0v) is 15.5. The van der Waals surface area contributed by atoms with Gasteiger partial charge in [-0.05, 0) is 32.9 Å². The van der Waals surface area contributed by atoms with Crippen molar-refractivity contribution in [3.05, 3.63) is 17.5 Å². The maximum Gasteiger partial charge on any atom is 0.341 e. The van der Waals surface area contributed by atoms with Crippen LogP contribution in [0.3, 0.4) is 0 Å². The van der Waals surface area contributed by atoms with E-state index in [2.05, 4.69) is 21.7 Å². The summed E-state index contributed by atoms with van der Waals surface area (Å²) in [5, 5.41) is 8.88. The second-order valence-corrected chi connectivity index (χ2v) is 7.54. The molecule has 1 fully saturated rings. The molecule has 130 valence electrons. The SMILES string of the molecule is CCOC(=O)c1cnc2c(c(C)nn2C)c1NCC1(SC)CCC1. The van der Waals surface area contributed by atoms with Crippen LogP contribution in [0.25, 0.3) is 11.0 Å². The highest BCUT2D eigenvalue weighted by molar-refractivity contribution is 8.00. The van der Waals surface area contributed by atoms with Crippen LogP contribution in [0.1, 0.15) is 42.2 Å². The molecule has 3 rings (SSSR count). The van der Waals surface area contributed by atoms with Crippen LogP contribution in [0.5, 0.6) is 0 Å². The van der Waals surface area contributed by atoms with Gasteiger partial charge < -0.3 is 10.1 Å². The highest BCUT2D eigenvalue weighted by Gasteiger charge is 2.36. The van der Waals surface area contributed by atoms with Gasteiger partial charge in [0.05, 0.1) is 23.4 Å². The zero-order chi connectivity index (χ0) is 17.3. The summed E-state index contributed by atoms with van der Waals surface area (Å²) in [4.78, 5) is 16.8. The van der Waals surface area contributed by atoms with Gasteiger partial charge in [0.2, 0.25) is 0 Å². The van der Waals surface area contributed by atoms with Gasteiger partial charge in [-0.3, -0.25) is 4.68 Å². The molecule has 1 aliphatic carbocycles. The largest absolute Gasteiger partial charge is 0.462 e. The number of ether oxygens (including phenoxy) is 1. The van der Waals surface area contributed by atoms with E-state index in [0.29, 0.717) is 12.2 Å². The standard InChI is InChI=1S/C17H24N4O2S/c1-5-23-16(22)12-9-18-15-13(11(2)20-21(15)3)14(12)19-10-17(24-4)7-6-8-17/h9H,5-8,10H2,1-4H3,(H,18,19). The van der Waals surface area contributed by atoms with Crippen molar-refractivity contribution in [3.63, 3.8) is 0 Å². The highest BCUT2D eigenvalue weighted by atomic mass is 32.2. The van der Waals surface area contributed by atoms with E-state index < -0.39 is 0 Å². The molecule has 2 aromatic heterocycles. The highest BCUT2D eigenvalue weighted by Crippen LogP contribution is 2.43. The minimum atomic E-state index is -0.343. The maximum absolute atomic E-state index is 12.4. The molecular weight excluding hydrogens is 324 g/mol. The summed E-state index contributed by atoms with van der Waals surface area (Å²) in [7, 11) is 1.87. The summed E-state index contributed by atoms with van der Waals surface area (Å²) >= 11 is 1.90. The first-order chi connectivity index (χ1) is 11.5. The molecule has 1 N–H and O–H groups in total. The van der Waals surface area contributed by atoms with Crippen LogP contribution in [-0.2, 0) is 11.8 Å². The number of nitrogens with zero attached hydrogens (tertiary/aromatic N) is 3. The van der Waals surface area contributed by atoms with Gasteiger partial charge in [-0.1, -0.05) is 6.42 Å². The molecule has 0 saturated heterocycles. The van der Waals surface area contributed by atoms with Gasteiger partial charge in [0.25, 0.3) is 0 Å². The van der Waals surface area contributed by atoms with Crippen LogP contribution in [0, 0.1) is 6.92 Å². The molecule has 0 aromatic carbocycles. The lowest BCUT2D eigenvalue weighted by molar-refractivity contribution is 0.0527. The molecule has 2 aromatic rings. The average molecular weight is 348 g/mol. The van der Waals surface area contributed by atoms with Crippen LogP contribution in [0.4, 0.5) is 5.69 Å². The number of anilines is 1. The molecule has 0 bridgehead atoms. The van der Waals surface area contributed by atoms with Crippen molar-refractivity contribution in [2.75, 3.05) is 24.7 Å². The quantitative estimate of drug-likeness (QED) is 0.809. The Kier molecular flexibility index (Phi) is 4.71. The molecule has 0 unspecified atom stereocenters. The molecule has 0 amide bonds. The third-order valence-electron chi connectivity index (χ3n) is 4.81. The molecule has 0 atom stereocenters. The normalized spacial score (nSPS) is 16.0. The number of pyridine rings is 1. The fraction of sp³-hybridized carbons (Fsp3) is 0.588. The zero-order valence-electron chi connectivity index (χ0n) is 14.7. The molecule has 0 radical (unpaired) electrons. The molecule has 1 aliphatic rings. The van der Waals surface area contributed by atoms with Gasteiger partial charge in [0, 0.05) is 24.5 Å². The second kappa shape index (κ2) is 6.63. The Morgan fingerprint density at radius 2 is 2.25 bits per heavy atom. The molecule has 7 heteroatoms. The van der Waals surface area contributed by atoms with Gasteiger partial charge in [0.1, 0.15) is 5.56 Å². The lowest BCUT2D eigenvalue weighted by Gasteiger charge is -2.40. The van der Waals surface area contributed by atoms with Crippen molar-refractivity contribution in [2.24, 2.45) is 7.05 Å². The van der Waals surface area contributed by atoms with Crippen LogP contribution >= 0.6 is 11.8 Å². The van der Waals surface area contributed by atoms with E-state index in [1.54, 1.807) is 10.9 Å². The van der Waals surface area contributed by atoms with Crippen molar-refractivity contribution in [1.29, 1.82) is 0 Å². The minimum absolute atomic E-state index is 0.262. The maximum atomic E-state index is 12.4. The molecule has 0 aliphatic heterocycles. The third-order valence-corrected chi connectivity index (χ3v) is 6.23. The Labute approximate surface area is 146 Å². The van der Waals surface area contributed by atoms with E-state index in [4.69, 9.17) is 4.74 Å². The van der Waals surface area contributed by atoms with Gasteiger partial charge in [-0.15, -0.1) is 0 Å². The number of esters is 1. The molecule has 6 nitrogen and oxygen atoms in total. The van der Waals surface area contributed by atoms with E-state index in [0.717, 1.165) is 29.0 Å². The van der Waals surface area contributed by atoms with Gasteiger partial charge in [0.15, 0.2) is 5.65 Å². The Hall–Kier alpha value is -1.76. The van der Waals surface area contributed by atoms with Crippen LogP contribution in [0.15, 0.2) is 6.20 Å². The predicted molar refractivity (Wildman–Crippen MR) is 97.8 cm³/mol. The monoisotopic (exact) mass is 348 g/mol. The van der Waals surface area contributed by atoms with E-state index in [-0.39, 0.29) is 10.7 Å². The molecule has 1 saturated carbocycles. The Morgan fingerprint density at radius 3 is 2.83 bits per heavy atom. The number of fused-ring (bicyclic) bond motifs is 1. The summed E-state index contributed by atoms with van der Waals surface area (Å²) in [6.07, 6.45) is 7.43. The number of hydrogen-bond acceptors (Lipinski definition) is 6. The van der Waals surface area contributed by atoms with E-state index in [1.807, 2.05) is 32.7 Å². The molecule has 0 spiro atoms. The van der Waals surface area contributed by atoms with Crippen molar-refractivity contribution in [3.8, 4) is 0 Å². The summed E-state index contributed by atoms with van der Waals surface area (Å²) in [6, 6.07) is 0. The van der Waals surface area contributed by atoms with Crippen LogP contribution < -0.4 is 5.32 Å². The lowest BCUT2D eigenvalue weighted by Crippen LogP contribution is -2.40. The fourth-order valence-corrected chi connectivity index (χ4v) is 4.15. The number of carbonyl (C=O) groups excluding carboxylic acids is 1.